The first-order valence-corrected chi connectivity index (χ1v) is 19.7. The van der Waals surface area contributed by atoms with Crippen LogP contribution in [-0.4, -0.2) is 127 Å². The summed E-state index contributed by atoms with van der Waals surface area (Å²) >= 11 is 0. The Hall–Kier alpha value is -6.30. The number of benzene rings is 2. The van der Waals surface area contributed by atoms with Crippen LogP contribution in [0.5, 0.6) is 0 Å². The number of anilines is 3. The Balaban J connectivity index is 1.11. The van der Waals surface area contributed by atoms with E-state index in [0.29, 0.717) is 77.6 Å². The molecule has 4 saturated heterocycles. The maximum absolute atomic E-state index is 15.4. The molecule has 0 radical (unpaired) electrons. The number of halogens is 3. The van der Waals surface area contributed by atoms with Gasteiger partial charge in [0.15, 0.2) is 11.5 Å². The van der Waals surface area contributed by atoms with Gasteiger partial charge in [-0.3, -0.25) is 9.59 Å². The van der Waals surface area contributed by atoms with E-state index in [-0.39, 0.29) is 54.3 Å². The highest BCUT2D eigenvalue weighted by Crippen LogP contribution is 2.40. The molecular formula is C41H41F3N12O3. The van der Waals surface area contributed by atoms with Crippen molar-refractivity contribution in [2.75, 3.05) is 55.5 Å². The molecule has 0 aliphatic carbocycles. The van der Waals surface area contributed by atoms with Crippen LogP contribution < -0.4 is 15.1 Å². The van der Waals surface area contributed by atoms with Crippen molar-refractivity contribution < 1.29 is 27.5 Å². The number of nitrogens with one attached hydrogen (secondary N) is 1. The summed E-state index contributed by atoms with van der Waals surface area (Å²) in [5.74, 6) is -0.404. The van der Waals surface area contributed by atoms with Gasteiger partial charge in [0.2, 0.25) is 17.8 Å². The van der Waals surface area contributed by atoms with Gasteiger partial charge in [-0.25, -0.2) is 27.8 Å². The van der Waals surface area contributed by atoms with Crippen LogP contribution in [0.3, 0.4) is 0 Å². The lowest BCUT2D eigenvalue weighted by molar-refractivity contribution is -0.139. The van der Waals surface area contributed by atoms with E-state index in [9.17, 15) is 14.0 Å². The molecule has 2 aromatic carbocycles. The van der Waals surface area contributed by atoms with E-state index >= 15 is 8.78 Å². The van der Waals surface area contributed by atoms with Crippen molar-refractivity contribution in [1.29, 1.82) is 0 Å². The zero-order valence-electron chi connectivity index (χ0n) is 32.8. The highest BCUT2D eigenvalue weighted by molar-refractivity contribution is 5.95. The van der Waals surface area contributed by atoms with Gasteiger partial charge in [-0.15, -0.1) is 0 Å². The van der Waals surface area contributed by atoms with Gasteiger partial charge in [0.05, 0.1) is 47.0 Å². The molecule has 11 rings (SSSR count). The summed E-state index contributed by atoms with van der Waals surface area (Å²) in [6.45, 7) is 5.72. The number of aryl methyl sites for hydroxylation is 1. The van der Waals surface area contributed by atoms with Gasteiger partial charge in [-0.1, -0.05) is 6.07 Å². The molecule has 0 saturated carbocycles. The van der Waals surface area contributed by atoms with Crippen molar-refractivity contribution in [2.45, 2.75) is 63.5 Å². The van der Waals surface area contributed by atoms with Crippen molar-refractivity contribution in [3.63, 3.8) is 0 Å². The average molecular weight is 807 g/mol. The van der Waals surface area contributed by atoms with Crippen LogP contribution in [0.1, 0.15) is 25.6 Å². The zero-order chi connectivity index (χ0) is 40.9. The lowest BCUT2D eigenvalue weighted by atomic mass is 9.87. The van der Waals surface area contributed by atoms with Crippen LogP contribution in [0.25, 0.3) is 39.0 Å². The number of amides is 2. The maximum Gasteiger partial charge on any atom is 0.245 e. The van der Waals surface area contributed by atoms with Crippen molar-refractivity contribution >= 4 is 51.5 Å². The highest BCUT2D eigenvalue weighted by Gasteiger charge is 2.52. The van der Waals surface area contributed by atoms with Gasteiger partial charge in [-0.05, 0) is 57.0 Å². The van der Waals surface area contributed by atoms with Gasteiger partial charge < -0.3 is 34.2 Å². The SMILES string of the molecule is CCN1C[C@@H]2C[C@H](C1=O)N2c1nc(N2C[C@@H]3C[C@H]2C(=O)N(C)C[C@H](OC)Cn2c(C)nc4cc(F)cc(c42)-c2cccc(n2)N3)c2cnn(-c3ccc(F)cc3F)c2n1. The molecule has 6 bridgehead atoms. The molecule has 9 heterocycles. The van der Waals surface area contributed by atoms with E-state index in [2.05, 4.69) is 15.4 Å². The number of carbonyl (C=O) groups is 2. The van der Waals surface area contributed by atoms with Crippen LogP contribution in [-0.2, 0) is 20.9 Å². The number of hydrogen-bond acceptors (Lipinski definition) is 11. The third-order valence-electron chi connectivity index (χ3n) is 12.2. The van der Waals surface area contributed by atoms with E-state index in [1.54, 1.807) is 19.1 Å². The first kappa shape index (κ1) is 37.0. The Bertz CT molecular complexity index is 2690. The van der Waals surface area contributed by atoms with E-state index in [4.69, 9.17) is 19.7 Å². The molecule has 304 valence electrons. The Kier molecular flexibility index (Phi) is 8.73. The van der Waals surface area contributed by atoms with E-state index in [1.807, 2.05) is 51.3 Å². The number of carbonyl (C=O) groups excluding carboxylic acids is 2. The number of likely N-dealkylation sites (N-methyl/N-ethyl adjacent to an activating group) is 2. The third-order valence-corrected chi connectivity index (χ3v) is 12.2. The van der Waals surface area contributed by atoms with Crippen molar-refractivity contribution in [3.05, 3.63) is 78.0 Å². The standard InChI is InChI=1S/C41H41F3N12O3/c1-5-52-18-25-15-34(40(52)58)55(25)41-49-37(28-16-45-56(38(28)50-41)32-10-9-22(42)12-29(32)44)54-17-24-14-33(54)39(57)51(3)19-26(59-4)20-53-21(2)46-31-13-23(43)11-27(36(31)53)30-7-6-8-35(47-24)48-30/h6-13,16,24-26,33-34H,5,14-15,17-20H2,1-4H3,(H,47,48)/t24-,25-,26-,33-,34+/m0/s1. The number of rotatable bonds is 5. The summed E-state index contributed by atoms with van der Waals surface area (Å²) in [5.41, 5.74) is 2.54. The fourth-order valence-electron chi connectivity index (χ4n) is 9.28. The van der Waals surface area contributed by atoms with Gasteiger partial charge in [0, 0.05) is 64.1 Å². The molecule has 0 unspecified atom stereocenters. The van der Waals surface area contributed by atoms with Crippen LogP contribution in [0, 0.1) is 24.4 Å². The predicted octanol–water partition coefficient (Wildman–Crippen LogP) is 4.31. The number of nitrogens with zero attached hydrogens (tertiary/aromatic N) is 11. The number of imidazole rings is 1. The zero-order valence-corrected chi connectivity index (χ0v) is 32.8. The number of piperidine rings is 1. The average Bonchev–Trinajstić information content (AvgIpc) is 3.91. The van der Waals surface area contributed by atoms with Crippen LogP contribution in [0.4, 0.5) is 30.8 Å². The number of pyridine rings is 1. The number of ether oxygens (including phenoxy) is 1. The second kappa shape index (κ2) is 13.9. The molecule has 15 nitrogen and oxygen atoms in total. The molecule has 18 heteroatoms. The summed E-state index contributed by atoms with van der Waals surface area (Å²) in [4.78, 5) is 55.2. The smallest absolute Gasteiger partial charge is 0.245 e. The number of fused-ring (bicyclic) bond motifs is 8. The number of methoxy groups -OCH3 is 1. The summed E-state index contributed by atoms with van der Waals surface area (Å²) in [5, 5.41) is 8.50. The molecule has 5 aliphatic rings. The van der Waals surface area contributed by atoms with E-state index in [0.717, 1.165) is 12.1 Å². The minimum absolute atomic E-state index is 0.0211. The van der Waals surface area contributed by atoms with Crippen LogP contribution >= 0.6 is 0 Å². The minimum atomic E-state index is -0.834. The first-order chi connectivity index (χ1) is 28.5. The summed E-state index contributed by atoms with van der Waals surface area (Å²) in [6.07, 6.45) is 2.04. The number of aromatic nitrogens is 7. The normalized spacial score (nSPS) is 23.1. The van der Waals surface area contributed by atoms with Gasteiger partial charge >= 0.3 is 0 Å². The summed E-state index contributed by atoms with van der Waals surface area (Å²) in [6, 6.07) is 10.0. The highest BCUT2D eigenvalue weighted by atomic mass is 19.1. The molecule has 4 fully saturated rings. The fraction of sp³-hybridized carbons (Fsp3) is 0.390. The Morgan fingerprint density at radius 1 is 0.898 bits per heavy atom. The molecule has 5 aliphatic heterocycles. The van der Waals surface area contributed by atoms with Gasteiger partial charge in [0.1, 0.15) is 46.9 Å². The largest absolute Gasteiger partial charge is 0.378 e. The monoisotopic (exact) mass is 806 g/mol. The minimum Gasteiger partial charge on any atom is -0.378 e. The number of hydrogen-bond donors (Lipinski definition) is 1. The predicted molar refractivity (Wildman–Crippen MR) is 213 cm³/mol. The molecule has 6 aromatic rings. The second-order valence-electron chi connectivity index (χ2n) is 15.7. The molecule has 5 atom stereocenters. The molecule has 59 heavy (non-hydrogen) atoms. The lowest BCUT2D eigenvalue weighted by Gasteiger charge is -2.55. The van der Waals surface area contributed by atoms with Crippen LogP contribution in [0.15, 0.2) is 54.7 Å². The van der Waals surface area contributed by atoms with E-state index in [1.165, 1.54) is 29.1 Å². The quantitative estimate of drug-likeness (QED) is 0.267. The second-order valence-corrected chi connectivity index (χ2v) is 15.7. The maximum atomic E-state index is 15.4. The molecule has 2 amide bonds. The molecule has 4 aromatic heterocycles. The van der Waals surface area contributed by atoms with Crippen molar-refractivity contribution in [1.82, 2.24) is 44.1 Å². The van der Waals surface area contributed by atoms with Gasteiger partial charge in [0.25, 0.3) is 0 Å². The molecular weight excluding hydrogens is 766 g/mol. The Morgan fingerprint density at radius 2 is 1.75 bits per heavy atom. The van der Waals surface area contributed by atoms with Crippen molar-refractivity contribution in [3.8, 4) is 16.9 Å². The van der Waals surface area contributed by atoms with Crippen molar-refractivity contribution in [2.24, 2.45) is 0 Å². The molecule has 1 N–H and O–H groups in total. The van der Waals surface area contributed by atoms with E-state index < -0.39 is 35.6 Å². The third kappa shape index (κ3) is 6.02. The Labute approximate surface area is 336 Å². The molecule has 0 spiro atoms. The lowest BCUT2D eigenvalue weighted by Crippen LogP contribution is -2.72. The summed E-state index contributed by atoms with van der Waals surface area (Å²) in [7, 11) is 3.33. The number of piperazine rings is 1. The fourth-order valence-corrected chi connectivity index (χ4v) is 9.28. The van der Waals surface area contributed by atoms with Crippen LogP contribution in [0.2, 0.25) is 0 Å². The summed E-state index contributed by atoms with van der Waals surface area (Å²) < 4.78 is 53.9. The first-order valence-electron chi connectivity index (χ1n) is 19.7. The van der Waals surface area contributed by atoms with Gasteiger partial charge in [-0.2, -0.15) is 15.1 Å². The Morgan fingerprint density at radius 3 is 2.53 bits per heavy atom. The topological polar surface area (TPSA) is 143 Å².